The van der Waals surface area contributed by atoms with E-state index in [1.165, 1.54) is 17.0 Å². The molecule has 190 valence electrons. The van der Waals surface area contributed by atoms with Crippen molar-refractivity contribution in [3.63, 3.8) is 0 Å². The second-order valence-corrected chi connectivity index (χ2v) is 9.62. The van der Waals surface area contributed by atoms with Crippen LogP contribution in [0.25, 0.3) is 22.2 Å². The lowest BCUT2D eigenvalue weighted by Crippen LogP contribution is -2.38. The van der Waals surface area contributed by atoms with Gasteiger partial charge in [0.1, 0.15) is 17.5 Å². The number of halogens is 2. The Hall–Kier alpha value is -4.08. The van der Waals surface area contributed by atoms with E-state index in [4.69, 9.17) is 4.98 Å². The lowest BCUT2D eigenvalue weighted by Gasteiger charge is -2.30. The second-order valence-electron chi connectivity index (χ2n) is 9.62. The van der Waals surface area contributed by atoms with E-state index in [1.807, 2.05) is 34.0 Å². The van der Waals surface area contributed by atoms with E-state index in [2.05, 4.69) is 10.1 Å². The largest absolute Gasteiger partial charge is 0.465 e. The molecule has 0 radical (unpaired) electrons. The average Bonchev–Trinajstić information content (AvgIpc) is 3.60. The number of anilines is 1. The Kier molecular flexibility index (Phi) is 5.94. The SMILES string of the molecule is O=C(O)N1CCC(n2cc(-c3ccnc4ccc(N5CCC[C@@H]5c5cc(F)ccc5F)nc34)cn2)CC1. The number of nitrogens with zero attached hydrogens (tertiary/aromatic N) is 6. The van der Waals surface area contributed by atoms with Crippen LogP contribution in [0, 0.1) is 11.6 Å². The van der Waals surface area contributed by atoms with Gasteiger partial charge in [-0.05, 0) is 62.1 Å². The summed E-state index contributed by atoms with van der Waals surface area (Å²) < 4.78 is 30.4. The minimum absolute atomic E-state index is 0.132. The van der Waals surface area contributed by atoms with Crippen LogP contribution in [0.5, 0.6) is 0 Å². The van der Waals surface area contributed by atoms with Crippen LogP contribution in [0.15, 0.2) is 55.0 Å². The predicted molar refractivity (Wildman–Crippen MR) is 134 cm³/mol. The van der Waals surface area contributed by atoms with Gasteiger partial charge in [-0.25, -0.2) is 18.6 Å². The molecule has 2 saturated heterocycles. The van der Waals surface area contributed by atoms with Crippen LogP contribution in [0.3, 0.4) is 0 Å². The first kappa shape index (κ1) is 23.3. The molecule has 1 atom stereocenters. The van der Waals surface area contributed by atoms with Crippen molar-refractivity contribution >= 4 is 22.9 Å². The van der Waals surface area contributed by atoms with Gasteiger partial charge in [-0.1, -0.05) is 0 Å². The number of aromatic nitrogens is 4. The van der Waals surface area contributed by atoms with Crippen molar-refractivity contribution < 1.29 is 18.7 Å². The lowest BCUT2D eigenvalue weighted by atomic mass is 10.0. The summed E-state index contributed by atoms with van der Waals surface area (Å²) in [4.78, 5) is 24.1. The number of benzene rings is 1. The normalized spacial score (nSPS) is 18.6. The number of hydrogen-bond acceptors (Lipinski definition) is 5. The Bertz CT molecular complexity index is 1470. The smallest absolute Gasteiger partial charge is 0.407 e. The van der Waals surface area contributed by atoms with Crippen LogP contribution < -0.4 is 4.90 Å². The van der Waals surface area contributed by atoms with Crippen LogP contribution in [0.1, 0.15) is 43.3 Å². The van der Waals surface area contributed by atoms with Crippen molar-refractivity contribution in [3.05, 3.63) is 72.2 Å². The molecule has 37 heavy (non-hydrogen) atoms. The molecule has 10 heteroatoms. The number of fused-ring (bicyclic) bond motifs is 1. The van der Waals surface area contributed by atoms with E-state index in [1.54, 1.807) is 12.4 Å². The molecule has 2 aliphatic rings. The fraction of sp³-hybridized carbons (Fsp3) is 0.333. The lowest BCUT2D eigenvalue weighted by molar-refractivity contribution is 0.124. The van der Waals surface area contributed by atoms with E-state index in [9.17, 15) is 18.7 Å². The molecule has 1 N–H and O–H groups in total. The minimum atomic E-state index is -0.884. The molecule has 6 rings (SSSR count). The number of likely N-dealkylation sites (tertiary alicyclic amines) is 1. The average molecular weight is 505 g/mol. The molecule has 0 saturated carbocycles. The molecule has 0 spiro atoms. The van der Waals surface area contributed by atoms with Crippen LogP contribution in [-0.2, 0) is 0 Å². The zero-order chi connectivity index (χ0) is 25.5. The van der Waals surface area contributed by atoms with Crippen molar-refractivity contribution in [3.8, 4) is 11.1 Å². The minimum Gasteiger partial charge on any atom is -0.465 e. The molecule has 0 bridgehead atoms. The monoisotopic (exact) mass is 504 g/mol. The van der Waals surface area contributed by atoms with Crippen LogP contribution in [-0.4, -0.2) is 55.5 Å². The van der Waals surface area contributed by atoms with E-state index in [-0.39, 0.29) is 12.1 Å². The van der Waals surface area contributed by atoms with Crippen LogP contribution in [0.4, 0.5) is 19.4 Å². The van der Waals surface area contributed by atoms with Gasteiger partial charge >= 0.3 is 6.09 Å². The molecular weight excluding hydrogens is 478 g/mol. The highest BCUT2D eigenvalue weighted by Gasteiger charge is 2.30. The van der Waals surface area contributed by atoms with E-state index >= 15 is 0 Å². The Morgan fingerprint density at radius 3 is 2.68 bits per heavy atom. The summed E-state index contributed by atoms with van der Waals surface area (Å²) in [6, 6.07) is 9.13. The van der Waals surface area contributed by atoms with Gasteiger partial charge in [-0.2, -0.15) is 5.10 Å². The third-order valence-electron chi connectivity index (χ3n) is 7.45. The number of carboxylic acid groups (broad SMARTS) is 1. The van der Waals surface area contributed by atoms with Gasteiger partial charge in [0.25, 0.3) is 0 Å². The Morgan fingerprint density at radius 2 is 1.86 bits per heavy atom. The first-order valence-corrected chi connectivity index (χ1v) is 12.5. The highest BCUT2D eigenvalue weighted by atomic mass is 19.1. The van der Waals surface area contributed by atoms with Crippen LogP contribution in [0.2, 0.25) is 0 Å². The number of amides is 1. The van der Waals surface area contributed by atoms with Crippen LogP contribution >= 0.6 is 0 Å². The third-order valence-corrected chi connectivity index (χ3v) is 7.45. The molecule has 8 nitrogen and oxygen atoms in total. The molecule has 2 fully saturated rings. The summed E-state index contributed by atoms with van der Waals surface area (Å²) >= 11 is 0. The van der Waals surface area contributed by atoms with Gasteiger partial charge < -0.3 is 14.9 Å². The number of rotatable bonds is 4. The third kappa shape index (κ3) is 4.36. The predicted octanol–water partition coefficient (Wildman–Crippen LogP) is 5.43. The Morgan fingerprint density at radius 1 is 1.03 bits per heavy atom. The number of pyridine rings is 2. The van der Waals surface area contributed by atoms with E-state index in [0.29, 0.717) is 55.8 Å². The maximum Gasteiger partial charge on any atom is 0.407 e. The summed E-state index contributed by atoms with van der Waals surface area (Å²) in [5.41, 5.74) is 3.57. The van der Waals surface area contributed by atoms with Crippen molar-refractivity contribution in [2.75, 3.05) is 24.5 Å². The molecule has 1 aromatic carbocycles. The number of carbonyl (C=O) groups is 1. The fourth-order valence-corrected chi connectivity index (χ4v) is 5.54. The van der Waals surface area contributed by atoms with E-state index in [0.717, 1.165) is 29.1 Å². The highest BCUT2D eigenvalue weighted by Crippen LogP contribution is 2.38. The Balaban J connectivity index is 1.31. The number of hydrogen-bond donors (Lipinski definition) is 1. The second kappa shape index (κ2) is 9.42. The van der Waals surface area contributed by atoms with Gasteiger partial charge in [0.15, 0.2) is 0 Å². The van der Waals surface area contributed by atoms with E-state index < -0.39 is 17.7 Å². The molecule has 1 amide bonds. The molecule has 2 aliphatic heterocycles. The summed E-state index contributed by atoms with van der Waals surface area (Å²) in [5.74, 6) is -0.170. The standard InChI is InChI=1S/C27H26F2N6O2/c28-18-3-4-22(29)21(14-18)24-2-1-11-34(24)25-6-5-23-26(32-25)20(7-10-30-23)17-15-31-35(16-17)19-8-12-33(13-9-19)27(36)37/h3-7,10,14-16,19,24H,1-2,8-9,11-13H2,(H,36,37)/t24-/m1/s1. The first-order valence-electron chi connectivity index (χ1n) is 12.5. The molecule has 5 heterocycles. The van der Waals surface area contributed by atoms with Crippen molar-refractivity contribution in [2.45, 2.75) is 37.8 Å². The molecule has 0 unspecified atom stereocenters. The maximum absolute atomic E-state index is 14.6. The summed E-state index contributed by atoms with van der Waals surface area (Å²) in [6.45, 7) is 1.67. The maximum atomic E-state index is 14.6. The van der Waals surface area contributed by atoms with Gasteiger partial charge in [-0.15, -0.1) is 0 Å². The molecule has 4 aromatic rings. The Labute approximate surface area is 212 Å². The van der Waals surface area contributed by atoms with Gasteiger partial charge in [0, 0.05) is 48.7 Å². The first-order chi connectivity index (χ1) is 18.0. The molecule has 3 aromatic heterocycles. The van der Waals surface area contributed by atoms with Gasteiger partial charge in [0.05, 0.1) is 29.3 Å². The van der Waals surface area contributed by atoms with Gasteiger partial charge in [-0.3, -0.25) is 9.67 Å². The summed E-state index contributed by atoms with van der Waals surface area (Å²) in [6.07, 6.45) is 7.62. The van der Waals surface area contributed by atoms with Gasteiger partial charge in [0.2, 0.25) is 0 Å². The zero-order valence-corrected chi connectivity index (χ0v) is 20.1. The quantitative estimate of drug-likeness (QED) is 0.399. The van der Waals surface area contributed by atoms with Crippen molar-refractivity contribution in [1.29, 1.82) is 0 Å². The van der Waals surface area contributed by atoms with Crippen molar-refractivity contribution in [2.24, 2.45) is 0 Å². The fourth-order valence-electron chi connectivity index (χ4n) is 5.54. The van der Waals surface area contributed by atoms with Crippen molar-refractivity contribution in [1.82, 2.24) is 24.6 Å². The number of piperidine rings is 1. The molecule has 0 aliphatic carbocycles. The summed E-state index contributed by atoms with van der Waals surface area (Å²) in [7, 11) is 0. The molecular formula is C27H26F2N6O2. The highest BCUT2D eigenvalue weighted by molar-refractivity contribution is 5.91. The topological polar surface area (TPSA) is 87.4 Å². The summed E-state index contributed by atoms with van der Waals surface area (Å²) in [5, 5.41) is 13.8. The zero-order valence-electron chi connectivity index (χ0n) is 20.1.